The number of hydrogen-bond donors (Lipinski definition) is 1. The summed E-state index contributed by atoms with van der Waals surface area (Å²) in [7, 11) is 0. The maximum absolute atomic E-state index is 12.6. The third kappa shape index (κ3) is 4.62. The molecular formula is C22H23N3O3S. The van der Waals surface area contributed by atoms with Gasteiger partial charge >= 0.3 is 0 Å². The number of carbonyl (C=O) groups excluding carboxylic acids is 1. The van der Waals surface area contributed by atoms with Crippen LogP contribution in [0, 0.1) is 0 Å². The zero-order valence-electron chi connectivity index (χ0n) is 16.5. The van der Waals surface area contributed by atoms with Crippen LogP contribution in [0.3, 0.4) is 0 Å². The van der Waals surface area contributed by atoms with E-state index in [9.17, 15) is 4.79 Å². The van der Waals surface area contributed by atoms with Gasteiger partial charge in [-0.2, -0.15) is 0 Å². The number of hydrogen-bond acceptors (Lipinski definition) is 6. The number of nitrogens with one attached hydrogen (secondary N) is 1. The number of benzene rings is 2. The number of nitrogens with zero attached hydrogens (tertiary/aromatic N) is 2. The molecule has 29 heavy (non-hydrogen) atoms. The van der Waals surface area contributed by atoms with E-state index in [1.165, 1.54) is 29.3 Å². The van der Waals surface area contributed by atoms with Crippen molar-refractivity contribution in [2.45, 2.75) is 43.6 Å². The van der Waals surface area contributed by atoms with E-state index in [-0.39, 0.29) is 11.2 Å². The highest BCUT2D eigenvalue weighted by Crippen LogP contribution is 2.29. The minimum Gasteiger partial charge on any atom is -0.494 e. The van der Waals surface area contributed by atoms with Crippen molar-refractivity contribution in [2.24, 2.45) is 0 Å². The highest BCUT2D eigenvalue weighted by Gasteiger charge is 2.20. The molecule has 0 spiro atoms. The number of carbonyl (C=O) groups is 1. The summed E-state index contributed by atoms with van der Waals surface area (Å²) in [5.41, 5.74) is 4.37. The topological polar surface area (TPSA) is 77.2 Å². The minimum absolute atomic E-state index is 0.0891. The van der Waals surface area contributed by atoms with E-state index in [4.69, 9.17) is 9.15 Å². The molecule has 1 atom stereocenters. The van der Waals surface area contributed by atoms with Crippen LogP contribution in [-0.4, -0.2) is 28.0 Å². The Labute approximate surface area is 174 Å². The smallest absolute Gasteiger partial charge is 0.277 e. The van der Waals surface area contributed by atoms with E-state index < -0.39 is 0 Å². The Kier molecular flexibility index (Phi) is 5.85. The highest BCUT2D eigenvalue weighted by atomic mass is 32.2. The lowest BCUT2D eigenvalue weighted by atomic mass is 10.1. The lowest BCUT2D eigenvalue weighted by Crippen LogP contribution is -2.22. The molecule has 0 saturated heterocycles. The van der Waals surface area contributed by atoms with Crippen LogP contribution < -0.4 is 10.1 Å². The first-order valence-electron chi connectivity index (χ1n) is 9.78. The minimum atomic E-state index is -0.364. The maximum atomic E-state index is 12.6. The first-order chi connectivity index (χ1) is 14.1. The van der Waals surface area contributed by atoms with Gasteiger partial charge in [-0.15, -0.1) is 10.2 Å². The molecule has 0 bridgehead atoms. The van der Waals surface area contributed by atoms with Gasteiger partial charge in [0.25, 0.3) is 5.22 Å². The van der Waals surface area contributed by atoms with E-state index in [0.29, 0.717) is 17.7 Å². The van der Waals surface area contributed by atoms with Gasteiger partial charge in [-0.05, 0) is 80.6 Å². The fourth-order valence-corrected chi connectivity index (χ4v) is 4.02. The van der Waals surface area contributed by atoms with Gasteiger partial charge in [-0.1, -0.05) is 17.8 Å². The van der Waals surface area contributed by atoms with Crippen LogP contribution in [-0.2, 0) is 17.6 Å². The van der Waals surface area contributed by atoms with Gasteiger partial charge in [0.1, 0.15) is 5.75 Å². The normalized spacial score (nSPS) is 13.7. The molecule has 6 nitrogen and oxygen atoms in total. The Bertz CT molecular complexity index is 1000. The molecule has 1 aromatic heterocycles. The number of thioether (sulfide) groups is 1. The monoisotopic (exact) mass is 409 g/mol. The second kappa shape index (κ2) is 8.69. The summed E-state index contributed by atoms with van der Waals surface area (Å²) in [6, 6.07) is 13.6. The highest BCUT2D eigenvalue weighted by molar-refractivity contribution is 8.00. The van der Waals surface area contributed by atoms with E-state index >= 15 is 0 Å². The van der Waals surface area contributed by atoms with Gasteiger partial charge < -0.3 is 14.5 Å². The van der Waals surface area contributed by atoms with Crippen molar-refractivity contribution in [1.29, 1.82) is 0 Å². The Balaban J connectivity index is 1.37. The lowest BCUT2D eigenvalue weighted by Gasteiger charge is -2.11. The number of rotatable bonds is 7. The van der Waals surface area contributed by atoms with Gasteiger partial charge in [0.2, 0.25) is 11.8 Å². The number of anilines is 1. The van der Waals surface area contributed by atoms with Crippen molar-refractivity contribution >= 4 is 23.4 Å². The number of amides is 1. The Morgan fingerprint density at radius 1 is 1.17 bits per heavy atom. The lowest BCUT2D eigenvalue weighted by molar-refractivity contribution is -0.115. The third-order valence-electron chi connectivity index (χ3n) is 4.83. The molecule has 0 radical (unpaired) electrons. The Hall–Kier alpha value is -2.80. The average Bonchev–Trinajstić information content (AvgIpc) is 3.38. The molecular weight excluding hydrogens is 386 g/mol. The van der Waals surface area contributed by atoms with E-state index in [0.717, 1.165) is 29.8 Å². The van der Waals surface area contributed by atoms with Crippen LogP contribution in [0.1, 0.15) is 31.4 Å². The summed E-state index contributed by atoms with van der Waals surface area (Å²) in [6.45, 7) is 4.39. The van der Waals surface area contributed by atoms with Gasteiger partial charge in [-0.3, -0.25) is 4.79 Å². The van der Waals surface area contributed by atoms with Crippen LogP contribution in [0.4, 0.5) is 5.69 Å². The van der Waals surface area contributed by atoms with Crippen molar-refractivity contribution in [3.8, 4) is 17.2 Å². The molecule has 1 amide bonds. The molecule has 2 aromatic carbocycles. The molecule has 1 aliphatic rings. The summed E-state index contributed by atoms with van der Waals surface area (Å²) in [4.78, 5) is 12.6. The fraction of sp³-hybridized carbons (Fsp3) is 0.318. The molecule has 0 aliphatic heterocycles. The van der Waals surface area contributed by atoms with Crippen LogP contribution in [0.5, 0.6) is 5.75 Å². The molecule has 4 rings (SSSR count). The molecule has 3 aromatic rings. The van der Waals surface area contributed by atoms with Crippen molar-refractivity contribution in [2.75, 3.05) is 11.9 Å². The number of fused-ring (bicyclic) bond motifs is 1. The maximum Gasteiger partial charge on any atom is 0.277 e. The molecule has 1 N–H and O–H groups in total. The van der Waals surface area contributed by atoms with Gasteiger partial charge in [0.05, 0.1) is 11.9 Å². The average molecular weight is 410 g/mol. The SMILES string of the molecule is CCOc1ccc(-c2nnc(S[C@@H](C)C(=O)Nc3ccc4c(c3)CCC4)o2)cc1. The Morgan fingerprint density at radius 2 is 1.97 bits per heavy atom. The zero-order valence-corrected chi connectivity index (χ0v) is 17.3. The van der Waals surface area contributed by atoms with Crippen molar-refractivity contribution in [3.05, 3.63) is 53.6 Å². The van der Waals surface area contributed by atoms with E-state index in [1.54, 1.807) is 0 Å². The predicted molar refractivity (Wildman–Crippen MR) is 113 cm³/mol. The molecule has 0 fully saturated rings. The van der Waals surface area contributed by atoms with E-state index in [1.807, 2.05) is 44.2 Å². The molecule has 7 heteroatoms. The molecule has 0 saturated carbocycles. The summed E-state index contributed by atoms with van der Waals surface area (Å²) in [5, 5.41) is 11.1. The summed E-state index contributed by atoms with van der Waals surface area (Å²) < 4.78 is 11.2. The summed E-state index contributed by atoms with van der Waals surface area (Å²) >= 11 is 1.25. The quantitative estimate of drug-likeness (QED) is 0.568. The third-order valence-corrected chi connectivity index (χ3v) is 5.77. The largest absolute Gasteiger partial charge is 0.494 e. The standard InChI is InChI=1S/C22H23N3O3S/c1-3-27-19-11-8-16(9-12-19)21-24-25-22(28-21)29-14(2)20(26)23-18-10-7-15-5-4-6-17(15)13-18/h7-14H,3-6H2,1-2H3,(H,23,26)/t14-/m0/s1. The van der Waals surface area contributed by atoms with E-state index in [2.05, 4.69) is 27.6 Å². The molecule has 0 unspecified atom stereocenters. The zero-order chi connectivity index (χ0) is 20.2. The number of aryl methyl sites for hydroxylation is 2. The Morgan fingerprint density at radius 3 is 2.76 bits per heavy atom. The van der Waals surface area contributed by atoms with Gasteiger partial charge in [0, 0.05) is 11.3 Å². The first kappa shape index (κ1) is 19.5. The van der Waals surface area contributed by atoms with Crippen LogP contribution >= 0.6 is 11.8 Å². The molecule has 1 heterocycles. The summed E-state index contributed by atoms with van der Waals surface area (Å²) in [5.74, 6) is 1.12. The molecule has 150 valence electrons. The van der Waals surface area contributed by atoms with Crippen LogP contribution in [0.25, 0.3) is 11.5 Å². The van der Waals surface area contributed by atoms with Crippen molar-refractivity contribution < 1.29 is 13.9 Å². The van der Waals surface area contributed by atoms with Crippen LogP contribution in [0.15, 0.2) is 52.1 Å². The summed E-state index contributed by atoms with van der Waals surface area (Å²) in [6.07, 6.45) is 3.40. The van der Waals surface area contributed by atoms with Gasteiger partial charge in [-0.25, -0.2) is 0 Å². The number of ether oxygens (including phenoxy) is 1. The number of aromatic nitrogens is 2. The second-order valence-corrected chi connectivity index (χ2v) is 8.21. The molecule has 1 aliphatic carbocycles. The van der Waals surface area contributed by atoms with Crippen molar-refractivity contribution in [3.63, 3.8) is 0 Å². The van der Waals surface area contributed by atoms with Gasteiger partial charge in [0.15, 0.2) is 0 Å². The second-order valence-electron chi connectivity index (χ2n) is 6.92. The van der Waals surface area contributed by atoms with Crippen molar-refractivity contribution in [1.82, 2.24) is 10.2 Å². The fourth-order valence-electron chi connectivity index (χ4n) is 3.33. The van der Waals surface area contributed by atoms with Crippen LogP contribution in [0.2, 0.25) is 0 Å². The first-order valence-corrected chi connectivity index (χ1v) is 10.7. The predicted octanol–water partition coefficient (Wildman–Crippen LogP) is 4.74.